The van der Waals surface area contributed by atoms with Crippen LogP contribution in [0.4, 0.5) is 4.79 Å². The fourth-order valence-electron chi connectivity index (χ4n) is 5.53. The van der Waals surface area contributed by atoms with Crippen molar-refractivity contribution in [2.24, 2.45) is 16.7 Å². The molecule has 9 nitrogen and oxygen atoms in total. The molecule has 222 valence electrons. The van der Waals surface area contributed by atoms with Crippen LogP contribution >= 0.6 is 11.6 Å². The molecule has 4 atom stereocenters. The molecule has 1 aromatic rings. The fourth-order valence-corrected chi connectivity index (χ4v) is 9.06. The van der Waals surface area contributed by atoms with Crippen LogP contribution in [0.3, 0.4) is 0 Å². The zero-order valence-electron chi connectivity index (χ0n) is 25.1. The molecule has 0 aromatic carbocycles. The van der Waals surface area contributed by atoms with Gasteiger partial charge in [-0.05, 0) is 63.1 Å². The maximum absolute atomic E-state index is 13.6. The Kier molecular flexibility index (Phi) is 8.59. The van der Waals surface area contributed by atoms with Gasteiger partial charge in [0.15, 0.2) is 8.32 Å². The third kappa shape index (κ3) is 6.41. The number of ether oxygens (including phenoxy) is 1. The molecule has 39 heavy (non-hydrogen) atoms. The number of carbonyl (C=O) groups excluding carboxylic acids is 2. The zero-order chi connectivity index (χ0) is 29.8. The van der Waals surface area contributed by atoms with E-state index in [1.165, 1.54) is 12.5 Å². The van der Waals surface area contributed by atoms with Crippen LogP contribution < -0.4 is 5.32 Å². The zero-order valence-corrected chi connectivity index (χ0v) is 27.6. The number of hydrogen-bond donors (Lipinski definition) is 1. The summed E-state index contributed by atoms with van der Waals surface area (Å²) in [6.45, 7) is 19.8. The molecular weight excluding hydrogens is 558 g/mol. The van der Waals surface area contributed by atoms with Gasteiger partial charge in [-0.15, -0.1) is 11.6 Å². The summed E-state index contributed by atoms with van der Waals surface area (Å²) in [5.41, 5.74) is -1.56. The molecule has 0 saturated heterocycles. The van der Waals surface area contributed by atoms with Crippen LogP contribution in [0.5, 0.6) is 0 Å². The van der Waals surface area contributed by atoms with Crippen LogP contribution in [0.15, 0.2) is 12.5 Å². The minimum Gasteiger partial charge on any atom is -0.444 e. The molecular formula is C27H46ClN3O6SSi. The number of aromatic nitrogens is 2. The van der Waals surface area contributed by atoms with E-state index in [1.807, 2.05) is 13.8 Å². The molecule has 2 aliphatic carbocycles. The van der Waals surface area contributed by atoms with Gasteiger partial charge in [0.25, 0.3) is 0 Å². The minimum absolute atomic E-state index is 0.0303. The maximum atomic E-state index is 13.6. The van der Waals surface area contributed by atoms with Crippen LogP contribution in [0.1, 0.15) is 86.5 Å². The SMILES string of the molecule is CC(C)(C)OC(=O)NC[C@@H](Cl)[C@H](O[Si](C)(C)C(C)(C)C)c1cn(S(=O)(=O)C[C@]23CC[C@H](CC2=O)C3(C)C)cn1. The van der Waals surface area contributed by atoms with Crippen molar-refractivity contribution in [1.82, 2.24) is 14.3 Å². The smallest absolute Gasteiger partial charge is 0.407 e. The van der Waals surface area contributed by atoms with Crippen molar-refractivity contribution < 1.29 is 27.2 Å². The lowest BCUT2D eigenvalue weighted by Gasteiger charge is -2.40. The number of halogens is 1. The molecule has 3 rings (SSSR count). The summed E-state index contributed by atoms with van der Waals surface area (Å²) in [6.07, 6.45) is 3.20. The van der Waals surface area contributed by atoms with E-state index in [1.54, 1.807) is 20.8 Å². The Morgan fingerprint density at radius 3 is 2.36 bits per heavy atom. The van der Waals surface area contributed by atoms with Crippen LogP contribution in [-0.2, 0) is 24.0 Å². The standard InChI is InChI=1S/C27H46ClN3O6SSi/c1-24(2,3)36-23(33)29-14-19(28)22(37-39(9,10)25(4,5)6)20-15-31(17-30-20)38(34,35)16-27-12-11-18(13-21(27)32)26(27,7)8/h15,17-19,22H,11-14,16H2,1-10H3,(H,29,33)/t18-,19-,22+,27-/m1/s1. The predicted octanol–water partition coefficient (Wildman–Crippen LogP) is 5.65. The van der Waals surface area contributed by atoms with Crippen molar-refractivity contribution in [2.45, 2.75) is 110 Å². The third-order valence-corrected chi connectivity index (χ3v) is 15.7. The Morgan fingerprint density at radius 1 is 1.26 bits per heavy atom. The highest BCUT2D eigenvalue weighted by Crippen LogP contribution is 2.64. The highest BCUT2D eigenvalue weighted by molar-refractivity contribution is 7.89. The van der Waals surface area contributed by atoms with Crippen molar-refractivity contribution in [3.8, 4) is 0 Å². The Morgan fingerprint density at radius 2 is 1.87 bits per heavy atom. The lowest BCUT2D eigenvalue weighted by molar-refractivity contribution is -0.128. The molecule has 1 heterocycles. The molecule has 2 aliphatic rings. The lowest BCUT2D eigenvalue weighted by atomic mass is 9.70. The quantitative estimate of drug-likeness (QED) is 0.286. The van der Waals surface area contributed by atoms with Gasteiger partial charge in [-0.25, -0.2) is 22.2 Å². The minimum atomic E-state index is -3.89. The number of nitrogens with zero attached hydrogens (tertiary/aromatic N) is 2. The Hall–Kier alpha value is -1.43. The number of Topliss-reactive ketones (excluding diaryl/α,β-unsaturated/α-hetero) is 1. The molecule has 2 fully saturated rings. The topological polar surface area (TPSA) is 117 Å². The summed E-state index contributed by atoms with van der Waals surface area (Å²) in [6, 6.07) is 0. The molecule has 2 bridgehead atoms. The molecule has 0 radical (unpaired) electrons. The van der Waals surface area contributed by atoms with E-state index in [9.17, 15) is 18.0 Å². The molecule has 0 unspecified atom stereocenters. The van der Waals surface area contributed by atoms with Crippen molar-refractivity contribution in [1.29, 1.82) is 0 Å². The lowest BCUT2D eigenvalue weighted by Crippen LogP contribution is -2.45. The maximum Gasteiger partial charge on any atom is 0.407 e. The number of nitrogens with one attached hydrogen (secondary N) is 1. The van der Waals surface area contributed by atoms with Crippen LogP contribution in [0, 0.1) is 16.7 Å². The summed E-state index contributed by atoms with van der Waals surface area (Å²) in [5, 5.41) is 1.78. The number of hydrogen-bond acceptors (Lipinski definition) is 7. The van der Waals surface area contributed by atoms with Crippen molar-refractivity contribution in [3.63, 3.8) is 0 Å². The number of amides is 1. The first kappa shape index (κ1) is 32.1. The first-order valence-corrected chi connectivity index (χ1v) is 18.6. The number of ketones is 1. The second-order valence-electron chi connectivity index (χ2n) is 14.2. The van der Waals surface area contributed by atoms with E-state index < -0.39 is 46.9 Å². The first-order chi connectivity index (χ1) is 17.5. The van der Waals surface area contributed by atoms with Crippen molar-refractivity contribution >= 4 is 41.8 Å². The molecule has 0 spiro atoms. The van der Waals surface area contributed by atoms with Crippen molar-refractivity contribution in [3.05, 3.63) is 18.2 Å². The second kappa shape index (κ2) is 10.4. The Balaban J connectivity index is 1.88. The monoisotopic (exact) mass is 603 g/mol. The van der Waals surface area contributed by atoms with Crippen LogP contribution in [0.2, 0.25) is 18.1 Å². The van der Waals surface area contributed by atoms with Gasteiger partial charge in [0.1, 0.15) is 23.8 Å². The predicted molar refractivity (Wildman–Crippen MR) is 155 cm³/mol. The Bertz CT molecular complexity index is 1200. The first-order valence-electron chi connectivity index (χ1n) is 13.6. The average Bonchev–Trinajstić information content (AvgIpc) is 3.38. The van der Waals surface area contributed by atoms with Gasteiger partial charge in [0.2, 0.25) is 10.0 Å². The fraction of sp³-hybridized carbons (Fsp3) is 0.815. The van der Waals surface area contributed by atoms with E-state index in [4.69, 9.17) is 20.8 Å². The van der Waals surface area contributed by atoms with E-state index in [0.29, 0.717) is 18.5 Å². The molecule has 1 N–H and O–H groups in total. The van der Waals surface area contributed by atoms with E-state index in [-0.39, 0.29) is 34.5 Å². The van der Waals surface area contributed by atoms with Gasteiger partial charge in [0.05, 0.1) is 22.2 Å². The number of alkyl halides is 1. The molecule has 1 aromatic heterocycles. The van der Waals surface area contributed by atoms with E-state index >= 15 is 0 Å². The molecule has 2 saturated carbocycles. The molecule has 1 amide bonds. The number of fused-ring (bicyclic) bond motifs is 2. The molecule has 0 aliphatic heterocycles. The van der Waals surface area contributed by atoms with Gasteiger partial charge in [-0.3, -0.25) is 4.79 Å². The van der Waals surface area contributed by atoms with Gasteiger partial charge in [-0.2, -0.15) is 0 Å². The second-order valence-corrected chi connectivity index (χ2v) is 21.4. The average molecular weight is 604 g/mol. The number of alkyl carbamates (subject to hydrolysis) is 1. The highest BCUT2D eigenvalue weighted by atomic mass is 35.5. The largest absolute Gasteiger partial charge is 0.444 e. The Labute approximate surface area is 239 Å². The third-order valence-electron chi connectivity index (χ3n) is 9.16. The van der Waals surface area contributed by atoms with Gasteiger partial charge < -0.3 is 14.5 Å². The summed E-state index contributed by atoms with van der Waals surface area (Å²) in [4.78, 5) is 29.7. The number of imidazole rings is 1. The normalized spacial score (nSPS) is 25.0. The summed E-state index contributed by atoms with van der Waals surface area (Å²) < 4.78 is 40.3. The highest BCUT2D eigenvalue weighted by Gasteiger charge is 2.65. The van der Waals surface area contributed by atoms with Gasteiger partial charge in [-0.1, -0.05) is 34.6 Å². The summed E-state index contributed by atoms with van der Waals surface area (Å²) in [7, 11) is -6.28. The van der Waals surface area contributed by atoms with Gasteiger partial charge in [0, 0.05) is 19.2 Å². The summed E-state index contributed by atoms with van der Waals surface area (Å²) in [5.74, 6) is 0.00683. The van der Waals surface area contributed by atoms with Gasteiger partial charge >= 0.3 is 6.09 Å². The van der Waals surface area contributed by atoms with E-state index in [0.717, 1.165) is 10.4 Å². The summed E-state index contributed by atoms with van der Waals surface area (Å²) >= 11 is 6.80. The number of carbonyl (C=O) groups is 2. The van der Waals surface area contributed by atoms with Crippen LogP contribution in [-0.4, -0.2) is 60.8 Å². The number of rotatable bonds is 9. The van der Waals surface area contributed by atoms with Crippen LogP contribution in [0.25, 0.3) is 0 Å². The van der Waals surface area contributed by atoms with E-state index in [2.05, 4.69) is 44.2 Å². The molecule has 12 heteroatoms. The van der Waals surface area contributed by atoms with Crippen molar-refractivity contribution in [2.75, 3.05) is 12.3 Å².